The summed E-state index contributed by atoms with van der Waals surface area (Å²) < 4.78 is 0. The molecular formula is C23H33N5O6. The minimum Gasteiger partial charge on any atom is -0.480 e. The molecule has 11 heteroatoms. The number of fused-ring (bicyclic) bond motifs is 1. The number of aromatic nitrogens is 1. The second-order valence-electron chi connectivity index (χ2n) is 8.37. The number of carboxylic acid groups (broad SMARTS) is 1. The van der Waals surface area contributed by atoms with E-state index in [1.165, 1.54) is 6.92 Å². The molecule has 0 saturated carbocycles. The van der Waals surface area contributed by atoms with Gasteiger partial charge >= 0.3 is 5.97 Å². The Morgan fingerprint density at radius 3 is 2.24 bits per heavy atom. The molecule has 1 aromatic carbocycles. The van der Waals surface area contributed by atoms with Gasteiger partial charge in [-0.3, -0.25) is 14.4 Å². The second-order valence-corrected chi connectivity index (χ2v) is 8.37. The Bertz CT molecular complexity index is 1020. The lowest BCUT2D eigenvalue weighted by molar-refractivity contribution is -0.142. The smallest absolute Gasteiger partial charge is 0.326 e. The van der Waals surface area contributed by atoms with Crippen LogP contribution in [0.2, 0.25) is 0 Å². The maximum absolute atomic E-state index is 13.1. The number of hydrogen-bond donors (Lipinski definition) is 7. The van der Waals surface area contributed by atoms with Gasteiger partial charge in [0.1, 0.15) is 18.1 Å². The summed E-state index contributed by atoms with van der Waals surface area (Å²) in [6.45, 7) is 4.28. The third-order valence-electron chi connectivity index (χ3n) is 5.74. The van der Waals surface area contributed by atoms with Crippen LogP contribution in [0, 0.1) is 5.92 Å². The highest BCUT2D eigenvalue weighted by Crippen LogP contribution is 2.19. The van der Waals surface area contributed by atoms with E-state index in [0.29, 0.717) is 6.42 Å². The zero-order chi connectivity index (χ0) is 25.4. The van der Waals surface area contributed by atoms with Crippen LogP contribution in [0.15, 0.2) is 30.5 Å². The summed E-state index contributed by atoms with van der Waals surface area (Å²) in [7, 11) is 0. The molecule has 0 aliphatic heterocycles. The molecule has 3 amide bonds. The SMILES string of the molecule is CCC(C)C(NC(=O)C(CO)NC(=O)C(C)N)C(=O)NC(Cc1c[nH]c2ccccc12)C(=O)O. The molecule has 0 aliphatic rings. The van der Waals surface area contributed by atoms with Crippen LogP contribution in [-0.2, 0) is 25.6 Å². The minimum atomic E-state index is -1.31. The fourth-order valence-corrected chi connectivity index (χ4v) is 3.44. The van der Waals surface area contributed by atoms with Crippen LogP contribution in [0.3, 0.4) is 0 Å². The highest BCUT2D eigenvalue weighted by Gasteiger charge is 2.32. The summed E-state index contributed by atoms with van der Waals surface area (Å²) in [6.07, 6.45) is 2.25. The molecule has 5 unspecified atom stereocenters. The number of amides is 3. The largest absolute Gasteiger partial charge is 0.480 e. The van der Waals surface area contributed by atoms with Crippen molar-refractivity contribution in [3.05, 3.63) is 36.0 Å². The van der Waals surface area contributed by atoms with Gasteiger partial charge in [-0.25, -0.2) is 4.79 Å². The highest BCUT2D eigenvalue weighted by molar-refractivity contribution is 5.94. The second kappa shape index (κ2) is 12.1. The Morgan fingerprint density at radius 2 is 1.65 bits per heavy atom. The van der Waals surface area contributed by atoms with Crippen molar-refractivity contribution in [2.24, 2.45) is 11.7 Å². The van der Waals surface area contributed by atoms with Crippen molar-refractivity contribution < 1.29 is 29.4 Å². The molecule has 0 radical (unpaired) electrons. The molecule has 0 saturated heterocycles. The molecule has 1 aromatic heterocycles. The zero-order valence-electron chi connectivity index (χ0n) is 19.5. The number of rotatable bonds is 12. The number of benzene rings is 1. The first-order valence-electron chi connectivity index (χ1n) is 11.1. The lowest BCUT2D eigenvalue weighted by atomic mass is 9.97. The summed E-state index contributed by atoms with van der Waals surface area (Å²) in [5.41, 5.74) is 7.06. The van der Waals surface area contributed by atoms with E-state index >= 15 is 0 Å². The number of aliphatic hydroxyl groups excluding tert-OH is 1. The summed E-state index contributed by atoms with van der Waals surface area (Å²) >= 11 is 0. The van der Waals surface area contributed by atoms with Gasteiger partial charge in [0.15, 0.2) is 0 Å². The number of hydrogen-bond acceptors (Lipinski definition) is 6. The number of aromatic amines is 1. The molecule has 2 aromatic rings. The van der Waals surface area contributed by atoms with Gasteiger partial charge in [0.05, 0.1) is 12.6 Å². The fourth-order valence-electron chi connectivity index (χ4n) is 3.44. The van der Waals surface area contributed by atoms with Crippen molar-refractivity contribution in [1.82, 2.24) is 20.9 Å². The molecule has 5 atom stereocenters. The van der Waals surface area contributed by atoms with E-state index in [9.17, 15) is 29.4 Å². The minimum absolute atomic E-state index is 0.0377. The monoisotopic (exact) mass is 475 g/mol. The molecule has 0 fully saturated rings. The van der Waals surface area contributed by atoms with Gasteiger partial charge in [0.2, 0.25) is 17.7 Å². The average Bonchev–Trinajstić information content (AvgIpc) is 3.22. The Balaban J connectivity index is 2.16. The van der Waals surface area contributed by atoms with Crippen molar-refractivity contribution in [3.8, 4) is 0 Å². The van der Waals surface area contributed by atoms with Crippen LogP contribution >= 0.6 is 0 Å². The van der Waals surface area contributed by atoms with E-state index in [4.69, 9.17) is 5.73 Å². The number of carbonyl (C=O) groups excluding carboxylic acids is 3. The Morgan fingerprint density at radius 1 is 1.00 bits per heavy atom. The van der Waals surface area contributed by atoms with Crippen LogP contribution < -0.4 is 21.7 Å². The molecule has 11 nitrogen and oxygen atoms in total. The lowest BCUT2D eigenvalue weighted by Gasteiger charge is -2.27. The van der Waals surface area contributed by atoms with Crippen LogP contribution in [-0.4, -0.2) is 69.7 Å². The van der Waals surface area contributed by atoms with Gasteiger partial charge < -0.3 is 36.9 Å². The first-order chi connectivity index (χ1) is 16.1. The number of nitrogens with one attached hydrogen (secondary N) is 4. The average molecular weight is 476 g/mol. The predicted octanol–water partition coefficient (Wildman–Crippen LogP) is -0.365. The number of carbonyl (C=O) groups is 4. The molecule has 0 aliphatic carbocycles. The van der Waals surface area contributed by atoms with E-state index in [1.54, 1.807) is 13.1 Å². The molecule has 1 heterocycles. The molecule has 0 bridgehead atoms. The van der Waals surface area contributed by atoms with E-state index < -0.39 is 54.5 Å². The quantitative estimate of drug-likeness (QED) is 0.218. The van der Waals surface area contributed by atoms with Gasteiger partial charge in [-0.05, 0) is 24.5 Å². The van der Waals surface area contributed by atoms with Crippen LogP contribution in [0.1, 0.15) is 32.8 Å². The summed E-state index contributed by atoms with van der Waals surface area (Å²) in [5.74, 6) is -3.66. The van der Waals surface area contributed by atoms with Crippen LogP contribution in [0.25, 0.3) is 10.9 Å². The number of nitrogens with two attached hydrogens (primary N) is 1. The molecule has 8 N–H and O–H groups in total. The van der Waals surface area contributed by atoms with Crippen molar-refractivity contribution in [3.63, 3.8) is 0 Å². The number of para-hydroxylation sites is 1. The molecule has 186 valence electrons. The number of H-pyrrole nitrogens is 1. The van der Waals surface area contributed by atoms with Gasteiger partial charge in [-0.15, -0.1) is 0 Å². The van der Waals surface area contributed by atoms with Crippen molar-refractivity contribution in [2.75, 3.05) is 6.61 Å². The zero-order valence-corrected chi connectivity index (χ0v) is 19.5. The Labute approximate surface area is 197 Å². The highest BCUT2D eigenvalue weighted by atomic mass is 16.4. The predicted molar refractivity (Wildman–Crippen MR) is 126 cm³/mol. The summed E-state index contributed by atoms with van der Waals surface area (Å²) in [5, 5.41) is 27.5. The van der Waals surface area contributed by atoms with E-state index in [0.717, 1.165) is 16.5 Å². The van der Waals surface area contributed by atoms with Gasteiger partial charge in [0.25, 0.3) is 0 Å². The topological polar surface area (TPSA) is 187 Å². The van der Waals surface area contributed by atoms with Crippen LogP contribution in [0.4, 0.5) is 0 Å². The molecular weight excluding hydrogens is 442 g/mol. The standard InChI is InChI=1S/C23H33N5O6/c1-4-12(2)19(28-21(31)18(11-29)27-20(30)13(3)24)22(32)26-17(23(33)34)9-14-10-25-16-8-6-5-7-15(14)16/h5-8,10,12-13,17-19,25,29H,4,9,11,24H2,1-3H3,(H,26,32)(H,27,30)(H,28,31)(H,33,34). The summed E-state index contributed by atoms with van der Waals surface area (Å²) in [4.78, 5) is 52.5. The number of aliphatic carboxylic acids is 1. The number of carboxylic acids is 1. The van der Waals surface area contributed by atoms with Gasteiger partial charge in [-0.2, -0.15) is 0 Å². The van der Waals surface area contributed by atoms with Gasteiger partial charge in [0, 0.05) is 23.5 Å². The lowest BCUT2D eigenvalue weighted by Crippen LogP contribution is -2.59. The third kappa shape index (κ3) is 6.78. The molecule has 0 spiro atoms. The normalized spacial score (nSPS) is 15.6. The Kier molecular flexibility index (Phi) is 9.58. The maximum Gasteiger partial charge on any atom is 0.326 e. The molecule has 2 rings (SSSR count). The summed E-state index contributed by atoms with van der Waals surface area (Å²) in [6, 6.07) is 2.90. The van der Waals surface area contributed by atoms with Crippen LogP contribution in [0.5, 0.6) is 0 Å². The van der Waals surface area contributed by atoms with Crippen molar-refractivity contribution >= 4 is 34.6 Å². The van der Waals surface area contributed by atoms with E-state index in [1.807, 2.05) is 31.2 Å². The first-order valence-corrected chi connectivity index (χ1v) is 11.1. The molecule has 34 heavy (non-hydrogen) atoms. The maximum atomic E-state index is 13.1. The van der Waals surface area contributed by atoms with E-state index in [-0.39, 0.29) is 12.3 Å². The number of aliphatic hydroxyl groups is 1. The van der Waals surface area contributed by atoms with E-state index in [2.05, 4.69) is 20.9 Å². The first kappa shape index (κ1) is 26.8. The van der Waals surface area contributed by atoms with Crippen molar-refractivity contribution in [1.29, 1.82) is 0 Å². The van der Waals surface area contributed by atoms with Crippen molar-refractivity contribution in [2.45, 2.75) is 57.8 Å². The fraction of sp³-hybridized carbons (Fsp3) is 0.478. The Hall–Kier alpha value is -3.44. The van der Waals surface area contributed by atoms with Gasteiger partial charge in [-0.1, -0.05) is 38.5 Å². The third-order valence-corrected chi connectivity index (χ3v) is 5.74.